The van der Waals surface area contributed by atoms with Crippen LogP contribution in [0.2, 0.25) is 0 Å². The number of alkyl halides is 3. The van der Waals surface area contributed by atoms with Gasteiger partial charge in [0, 0.05) is 57.2 Å². The van der Waals surface area contributed by atoms with E-state index in [1.54, 1.807) is 6.33 Å². The number of carbonyl (C=O) groups excluding carboxylic acids is 1. The number of likely N-dealkylation sites (N-methyl/N-ethyl adjacent to an activating group) is 1. The summed E-state index contributed by atoms with van der Waals surface area (Å²) in [5, 5.41) is 7.12. The second-order valence-electron chi connectivity index (χ2n) is 7.82. The Hall–Kier alpha value is -2.43. The van der Waals surface area contributed by atoms with Crippen molar-refractivity contribution in [2.24, 2.45) is 5.92 Å². The first-order valence-corrected chi connectivity index (χ1v) is 10.0. The van der Waals surface area contributed by atoms with Gasteiger partial charge in [0.15, 0.2) is 0 Å². The Morgan fingerprint density at radius 1 is 1.03 bits per heavy atom. The van der Waals surface area contributed by atoms with Crippen molar-refractivity contribution in [2.75, 3.05) is 51.2 Å². The van der Waals surface area contributed by atoms with Crippen molar-refractivity contribution < 1.29 is 27.9 Å². The Morgan fingerprint density at radius 3 is 2.20 bits per heavy atom. The molecule has 0 spiro atoms. The summed E-state index contributed by atoms with van der Waals surface area (Å²) < 4.78 is 31.7. The van der Waals surface area contributed by atoms with Gasteiger partial charge in [-0.3, -0.25) is 4.79 Å². The van der Waals surface area contributed by atoms with Crippen LogP contribution in [-0.2, 0) is 22.4 Å². The highest BCUT2D eigenvalue weighted by Gasteiger charge is 2.38. The third kappa shape index (κ3) is 5.59. The molecular formula is C19H26F3N5O3. The lowest BCUT2D eigenvalue weighted by molar-refractivity contribution is -0.192. The van der Waals surface area contributed by atoms with Crippen molar-refractivity contribution >= 4 is 17.7 Å². The van der Waals surface area contributed by atoms with Crippen LogP contribution in [0.4, 0.5) is 19.0 Å². The third-order valence-corrected chi connectivity index (χ3v) is 5.55. The fraction of sp³-hybridized carbons (Fsp3) is 0.684. The molecule has 1 saturated carbocycles. The minimum atomic E-state index is -5.08. The Bertz CT molecular complexity index is 777. The van der Waals surface area contributed by atoms with E-state index >= 15 is 0 Å². The van der Waals surface area contributed by atoms with Crippen LogP contribution in [0.25, 0.3) is 0 Å². The van der Waals surface area contributed by atoms with Gasteiger partial charge in [0.25, 0.3) is 0 Å². The maximum absolute atomic E-state index is 12.4. The summed E-state index contributed by atoms with van der Waals surface area (Å²) in [5.41, 5.74) is 2.41. The van der Waals surface area contributed by atoms with Crippen molar-refractivity contribution in [1.29, 1.82) is 0 Å². The van der Waals surface area contributed by atoms with Crippen molar-refractivity contribution in [2.45, 2.75) is 31.9 Å². The number of carbonyl (C=O) groups is 2. The molecule has 1 N–H and O–H groups in total. The number of fused-ring (bicyclic) bond motifs is 1. The molecule has 1 saturated heterocycles. The summed E-state index contributed by atoms with van der Waals surface area (Å²) >= 11 is 0. The third-order valence-electron chi connectivity index (χ3n) is 5.55. The Morgan fingerprint density at radius 2 is 1.63 bits per heavy atom. The quantitative estimate of drug-likeness (QED) is 0.756. The minimum Gasteiger partial charge on any atom is -0.475 e. The Balaban J connectivity index is 0.000000318. The average molecular weight is 429 g/mol. The van der Waals surface area contributed by atoms with Crippen molar-refractivity contribution in [3.63, 3.8) is 0 Å². The highest BCUT2D eigenvalue weighted by Crippen LogP contribution is 2.32. The van der Waals surface area contributed by atoms with Crippen LogP contribution in [-0.4, -0.2) is 89.2 Å². The van der Waals surface area contributed by atoms with E-state index in [4.69, 9.17) is 9.90 Å². The lowest BCUT2D eigenvalue weighted by atomic mass is 10.1. The monoisotopic (exact) mass is 429 g/mol. The number of nitrogens with zero attached hydrogens (tertiary/aromatic N) is 5. The Labute approximate surface area is 172 Å². The number of carboxylic acids is 1. The largest absolute Gasteiger partial charge is 0.490 e. The lowest BCUT2D eigenvalue weighted by Gasteiger charge is -2.34. The number of aliphatic carboxylic acids is 1. The molecule has 30 heavy (non-hydrogen) atoms. The van der Waals surface area contributed by atoms with Crippen LogP contribution in [0.3, 0.4) is 0 Å². The molecule has 11 heteroatoms. The summed E-state index contributed by atoms with van der Waals surface area (Å²) in [6, 6.07) is 0. The smallest absolute Gasteiger partial charge is 0.475 e. The molecule has 2 aliphatic heterocycles. The van der Waals surface area contributed by atoms with Gasteiger partial charge in [-0.25, -0.2) is 14.8 Å². The summed E-state index contributed by atoms with van der Waals surface area (Å²) in [6.07, 6.45) is 0.515. The summed E-state index contributed by atoms with van der Waals surface area (Å²) in [5.74, 6) is -0.998. The van der Waals surface area contributed by atoms with Gasteiger partial charge in [0.2, 0.25) is 5.91 Å². The highest BCUT2D eigenvalue weighted by molar-refractivity contribution is 5.81. The number of anilines is 1. The van der Waals surface area contributed by atoms with Gasteiger partial charge in [-0.05, 0) is 26.3 Å². The van der Waals surface area contributed by atoms with Gasteiger partial charge in [-0.1, -0.05) is 0 Å². The van der Waals surface area contributed by atoms with Gasteiger partial charge in [0.1, 0.15) is 12.1 Å². The van der Waals surface area contributed by atoms with Crippen LogP contribution < -0.4 is 4.90 Å². The predicted molar refractivity (Wildman–Crippen MR) is 102 cm³/mol. The van der Waals surface area contributed by atoms with E-state index in [1.807, 2.05) is 4.90 Å². The molecule has 0 radical (unpaired) electrons. The molecule has 0 unspecified atom stereocenters. The highest BCUT2D eigenvalue weighted by atomic mass is 19.4. The van der Waals surface area contributed by atoms with E-state index in [-0.39, 0.29) is 0 Å². The van der Waals surface area contributed by atoms with Crippen LogP contribution in [0.15, 0.2) is 6.33 Å². The van der Waals surface area contributed by atoms with Crippen LogP contribution in [0.5, 0.6) is 0 Å². The van der Waals surface area contributed by atoms with Crippen molar-refractivity contribution in [3.8, 4) is 0 Å². The number of amides is 1. The fourth-order valence-electron chi connectivity index (χ4n) is 3.61. The second-order valence-corrected chi connectivity index (χ2v) is 7.82. The molecule has 0 bridgehead atoms. The molecule has 1 aromatic rings. The van der Waals surface area contributed by atoms with E-state index in [9.17, 15) is 18.0 Å². The number of rotatable bonds is 2. The molecule has 3 heterocycles. The molecule has 1 amide bonds. The van der Waals surface area contributed by atoms with Crippen molar-refractivity contribution in [1.82, 2.24) is 19.8 Å². The number of hydrogen-bond donors (Lipinski definition) is 1. The molecule has 2 fully saturated rings. The van der Waals surface area contributed by atoms with Crippen LogP contribution in [0.1, 0.15) is 24.1 Å². The van der Waals surface area contributed by atoms with E-state index in [2.05, 4.69) is 26.8 Å². The first kappa shape index (κ1) is 22.3. The Kier molecular flexibility index (Phi) is 6.79. The van der Waals surface area contributed by atoms with E-state index in [0.29, 0.717) is 11.8 Å². The summed E-state index contributed by atoms with van der Waals surface area (Å²) in [6.45, 7) is 5.81. The zero-order valence-corrected chi connectivity index (χ0v) is 16.9. The standard InChI is InChI=1S/C17H25N5O.C2HF3O2/c1-20-8-10-21(11-9-20)16-14-4-6-22(17(23)13-2-3-13)7-5-15(14)18-12-19-16;3-2(4,5)1(6)7/h12-13H,2-11H2,1H3;(H,6,7). The number of piperazine rings is 1. The molecule has 1 aromatic heterocycles. The first-order valence-electron chi connectivity index (χ1n) is 10.0. The topological polar surface area (TPSA) is 89.9 Å². The number of carboxylic acid groups (broad SMARTS) is 1. The molecule has 1 aliphatic carbocycles. The van der Waals surface area contributed by atoms with E-state index in [0.717, 1.165) is 76.5 Å². The van der Waals surface area contributed by atoms with Gasteiger partial charge < -0.3 is 19.8 Å². The van der Waals surface area contributed by atoms with E-state index < -0.39 is 12.1 Å². The van der Waals surface area contributed by atoms with Gasteiger partial charge >= 0.3 is 12.1 Å². The van der Waals surface area contributed by atoms with Gasteiger partial charge in [-0.15, -0.1) is 0 Å². The zero-order chi connectivity index (χ0) is 21.9. The minimum absolute atomic E-state index is 0.305. The zero-order valence-electron chi connectivity index (χ0n) is 16.9. The summed E-state index contributed by atoms with van der Waals surface area (Å²) in [4.78, 5) is 37.2. The second kappa shape index (κ2) is 9.15. The summed E-state index contributed by atoms with van der Waals surface area (Å²) in [7, 11) is 2.17. The molecule has 0 aromatic carbocycles. The van der Waals surface area contributed by atoms with Gasteiger partial charge in [-0.2, -0.15) is 13.2 Å². The predicted octanol–water partition coefficient (Wildman–Crippen LogP) is 1.20. The number of hydrogen-bond acceptors (Lipinski definition) is 6. The molecular weight excluding hydrogens is 403 g/mol. The van der Waals surface area contributed by atoms with Crippen molar-refractivity contribution in [3.05, 3.63) is 17.6 Å². The normalized spacial score (nSPS) is 20.0. The fourth-order valence-corrected chi connectivity index (χ4v) is 3.61. The number of aromatic nitrogens is 2. The molecule has 0 atom stereocenters. The van der Waals surface area contributed by atoms with E-state index in [1.165, 1.54) is 5.56 Å². The molecule has 166 valence electrons. The maximum atomic E-state index is 12.4. The maximum Gasteiger partial charge on any atom is 0.490 e. The average Bonchev–Trinajstić information content (AvgIpc) is 3.54. The lowest BCUT2D eigenvalue weighted by Crippen LogP contribution is -2.45. The first-order chi connectivity index (χ1) is 14.2. The SMILES string of the molecule is CN1CCN(c2ncnc3c2CCN(C(=O)C2CC2)CC3)CC1.O=C(O)C(F)(F)F. The molecule has 3 aliphatic rings. The number of halogens is 3. The van der Waals surface area contributed by atoms with Crippen LogP contribution >= 0.6 is 0 Å². The van der Waals surface area contributed by atoms with Gasteiger partial charge in [0.05, 0.1) is 5.69 Å². The molecule has 8 nitrogen and oxygen atoms in total. The molecule has 4 rings (SSSR count). The van der Waals surface area contributed by atoms with Crippen LogP contribution in [0, 0.1) is 5.92 Å².